The van der Waals surface area contributed by atoms with Gasteiger partial charge in [-0.3, -0.25) is 28.8 Å². The third kappa shape index (κ3) is 7.79. The topological polar surface area (TPSA) is 173 Å². The molecule has 1 spiro atoms. The quantitative estimate of drug-likeness (QED) is 0.251. The van der Waals surface area contributed by atoms with E-state index in [2.05, 4.69) is 5.32 Å². The molecular formula is C44H54N4O11. The largest absolute Gasteiger partial charge is 0.460 e. The number of likely N-dealkylation sites (N-methyl/N-ethyl adjacent to an activating group) is 1. The van der Waals surface area contributed by atoms with Gasteiger partial charge in [0.1, 0.15) is 41.5 Å². The highest BCUT2D eigenvalue weighted by molar-refractivity contribution is 5.97. The van der Waals surface area contributed by atoms with Gasteiger partial charge in [-0.2, -0.15) is 5.06 Å². The second-order valence-corrected chi connectivity index (χ2v) is 17.9. The van der Waals surface area contributed by atoms with Gasteiger partial charge in [-0.15, -0.1) is 0 Å². The number of hydroxylamine groups is 2. The number of benzene rings is 2. The van der Waals surface area contributed by atoms with E-state index in [1.54, 1.807) is 45.8 Å². The Bertz CT molecular complexity index is 2010. The number of aliphatic hydroxyl groups excluding tert-OH is 1. The molecule has 15 nitrogen and oxygen atoms in total. The molecule has 8 atom stereocenters. The molecule has 2 N–H and O–H groups in total. The van der Waals surface area contributed by atoms with Crippen LogP contribution < -0.4 is 5.32 Å². The molecule has 316 valence electrons. The fourth-order valence-corrected chi connectivity index (χ4v) is 9.77. The van der Waals surface area contributed by atoms with E-state index < -0.39 is 89.7 Å². The zero-order chi connectivity index (χ0) is 41.9. The van der Waals surface area contributed by atoms with E-state index in [0.29, 0.717) is 25.7 Å². The van der Waals surface area contributed by atoms with Gasteiger partial charge < -0.3 is 39.2 Å². The molecule has 0 aromatic heterocycles. The predicted molar refractivity (Wildman–Crippen MR) is 210 cm³/mol. The van der Waals surface area contributed by atoms with Crippen molar-refractivity contribution in [1.82, 2.24) is 20.2 Å². The van der Waals surface area contributed by atoms with Crippen molar-refractivity contribution in [3.8, 4) is 0 Å². The molecule has 59 heavy (non-hydrogen) atoms. The molecular weight excluding hydrogens is 761 g/mol. The van der Waals surface area contributed by atoms with Gasteiger partial charge in [0.2, 0.25) is 17.7 Å². The van der Waals surface area contributed by atoms with E-state index in [0.717, 1.165) is 22.3 Å². The van der Waals surface area contributed by atoms with Crippen molar-refractivity contribution >= 4 is 35.7 Å². The smallest absolute Gasteiger partial charge is 0.327 e. The van der Waals surface area contributed by atoms with E-state index in [-0.39, 0.29) is 38.3 Å². The first-order chi connectivity index (χ1) is 28.1. The van der Waals surface area contributed by atoms with Gasteiger partial charge >= 0.3 is 11.9 Å². The molecule has 6 aliphatic rings. The van der Waals surface area contributed by atoms with E-state index in [1.807, 2.05) is 48.5 Å². The average molecular weight is 815 g/mol. The lowest BCUT2D eigenvalue weighted by Crippen LogP contribution is -2.70. The van der Waals surface area contributed by atoms with Crippen LogP contribution in [0.3, 0.4) is 0 Å². The number of nitrogens with one attached hydrogen (secondary N) is 1. The maximum absolute atomic E-state index is 15.5. The first-order valence-corrected chi connectivity index (χ1v) is 20.6. The van der Waals surface area contributed by atoms with Crippen molar-refractivity contribution in [3.63, 3.8) is 0 Å². The number of rotatable bonds is 11. The molecule has 5 fully saturated rings. The number of nitrogens with zero attached hydrogens (tertiary/aromatic N) is 3. The Hall–Kier alpha value is -4.67. The Balaban J connectivity index is 1.08. The lowest BCUT2D eigenvalue weighted by molar-refractivity contribution is -0.218. The molecule has 1 saturated carbocycles. The summed E-state index contributed by atoms with van der Waals surface area (Å²) >= 11 is 0. The number of esters is 2. The van der Waals surface area contributed by atoms with Crippen LogP contribution in [0.25, 0.3) is 6.08 Å². The molecule has 4 saturated heterocycles. The minimum atomic E-state index is -1.49. The van der Waals surface area contributed by atoms with Crippen molar-refractivity contribution < 1.29 is 52.9 Å². The molecule has 2 aromatic carbocycles. The van der Waals surface area contributed by atoms with E-state index in [9.17, 15) is 24.3 Å². The van der Waals surface area contributed by atoms with Gasteiger partial charge in [0.25, 0.3) is 0 Å². The fraction of sp³-hybridized carbons (Fsp3) is 0.568. The van der Waals surface area contributed by atoms with Crippen LogP contribution in [0.4, 0.5) is 0 Å². The molecule has 4 heterocycles. The normalized spacial score (nSPS) is 29.6. The predicted octanol–water partition coefficient (Wildman–Crippen LogP) is 2.46. The first-order valence-electron chi connectivity index (χ1n) is 20.6. The number of aliphatic hydroxyl groups is 1. The summed E-state index contributed by atoms with van der Waals surface area (Å²) in [5.74, 6) is -3.12. The third-order valence-corrected chi connectivity index (χ3v) is 12.3. The molecule has 2 bridgehead atoms. The maximum Gasteiger partial charge on any atom is 0.327 e. The van der Waals surface area contributed by atoms with Gasteiger partial charge in [0.05, 0.1) is 19.2 Å². The summed E-state index contributed by atoms with van der Waals surface area (Å²) in [5.41, 5.74) is 1.57. The summed E-state index contributed by atoms with van der Waals surface area (Å²) < 4.78 is 25.3. The molecule has 8 rings (SSSR count). The number of ether oxygens (including phenoxy) is 4. The number of likely N-dealkylation sites (tertiary alicyclic amines) is 1. The third-order valence-electron chi connectivity index (χ3n) is 12.3. The molecule has 4 aliphatic heterocycles. The number of carbonyl (C=O) groups excluding carboxylic acids is 5. The molecule has 3 amide bonds. The van der Waals surface area contributed by atoms with Crippen LogP contribution in [-0.2, 0) is 67.1 Å². The Kier molecular flexibility index (Phi) is 11.0. The van der Waals surface area contributed by atoms with Crippen molar-refractivity contribution in [2.45, 2.75) is 126 Å². The number of hydrogen-bond donors (Lipinski definition) is 2. The summed E-state index contributed by atoms with van der Waals surface area (Å²) in [6, 6.07) is 12.7. The highest BCUT2D eigenvalue weighted by Gasteiger charge is 2.77. The Morgan fingerprint density at radius 2 is 1.78 bits per heavy atom. The van der Waals surface area contributed by atoms with Crippen LogP contribution in [0, 0.1) is 5.41 Å². The number of hydrogen-bond acceptors (Lipinski definition) is 12. The Morgan fingerprint density at radius 3 is 2.47 bits per heavy atom. The highest BCUT2D eigenvalue weighted by atomic mass is 16.8. The molecule has 0 radical (unpaired) electrons. The lowest BCUT2D eigenvalue weighted by atomic mass is 9.62. The van der Waals surface area contributed by atoms with Gasteiger partial charge in [0, 0.05) is 52.4 Å². The number of carbonyl (C=O) groups is 5. The summed E-state index contributed by atoms with van der Waals surface area (Å²) in [4.78, 5) is 78.4. The number of fused-ring (bicyclic) bond motifs is 5. The van der Waals surface area contributed by atoms with Crippen LogP contribution in [0.15, 0.2) is 54.6 Å². The first kappa shape index (κ1) is 41.1. The second kappa shape index (κ2) is 15.7. The van der Waals surface area contributed by atoms with Crippen molar-refractivity contribution in [2.24, 2.45) is 5.41 Å². The van der Waals surface area contributed by atoms with E-state index in [4.69, 9.17) is 23.8 Å². The lowest BCUT2D eigenvalue weighted by Gasteiger charge is -2.50. The fourth-order valence-electron chi connectivity index (χ4n) is 9.77. The molecule has 2 aliphatic carbocycles. The van der Waals surface area contributed by atoms with Crippen LogP contribution >= 0.6 is 0 Å². The monoisotopic (exact) mass is 814 g/mol. The van der Waals surface area contributed by atoms with Crippen LogP contribution in [0.5, 0.6) is 0 Å². The molecule has 0 unspecified atom stereocenters. The van der Waals surface area contributed by atoms with Crippen LogP contribution in [0.1, 0.15) is 75.1 Å². The average Bonchev–Trinajstić information content (AvgIpc) is 3.98. The van der Waals surface area contributed by atoms with Crippen molar-refractivity contribution in [2.75, 3.05) is 27.2 Å². The molecule has 2 aromatic rings. The minimum absolute atomic E-state index is 0.0101. The van der Waals surface area contributed by atoms with Crippen molar-refractivity contribution in [1.29, 1.82) is 0 Å². The summed E-state index contributed by atoms with van der Waals surface area (Å²) in [6.45, 7) is 5.27. The standard InChI is InChI=1S/C44H54N4O11/c1-42(2,3)56-34(51)18-16-30(25-49)45-39(52)31-14-9-19-47(31)41(54)44-23-32-35-36(58-43(57-35)21-28-12-6-7-13-29(28)22-43)38(44)59-48(37(44)40(53)55-32)24-27-11-8-10-26(20-27)15-17-33(50)46(4)5/h6-8,10-13,15,17,20,30-32,35-38,49H,9,14,16,18-19,21-25H2,1-5H3,(H,45,52)/t30-,31+,32+,35-,36-,37-,38+,44-/m0/s1. The Labute approximate surface area is 343 Å². The summed E-state index contributed by atoms with van der Waals surface area (Å²) in [7, 11) is 3.35. The van der Waals surface area contributed by atoms with Crippen LogP contribution in [-0.4, -0.2) is 131 Å². The summed E-state index contributed by atoms with van der Waals surface area (Å²) in [6.07, 6.45) is 2.09. The molecule has 15 heteroatoms. The zero-order valence-corrected chi connectivity index (χ0v) is 34.3. The van der Waals surface area contributed by atoms with Crippen LogP contribution in [0.2, 0.25) is 0 Å². The van der Waals surface area contributed by atoms with Crippen molar-refractivity contribution in [3.05, 3.63) is 76.9 Å². The van der Waals surface area contributed by atoms with Gasteiger partial charge in [-0.1, -0.05) is 48.5 Å². The highest BCUT2D eigenvalue weighted by Crippen LogP contribution is 2.59. The second-order valence-electron chi connectivity index (χ2n) is 17.9. The van der Waals surface area contributed by atoms with Gasteiger partial charge in [-0.05, 0) is 68.4 Å². The van der Waals surface area contributed by atoms with E-state index >= 15 is 4.79 Å². The number of amides is 3. The maximum atomic E-state index is 15.5. The Morgan fingerprint density at radius 1 is 1.05 bits per heavy atom. The minimum Gasteiger partial charge on any atom is -0.460 e. The van der Waals surface area contributed by atoms with Gasteiger partial charge in [0.15, 0.2) is 11.8 Å². The summed E-state index contributed by atoms with van der Waals surface area (Å²) in [5, 5.41) is 14.6. The SMILES string of the molecule is CN(C)C(=O)C=Cc1cccc(CN2O[C@@H]3[C@H]4OC5(Cc6ccccc6C5)O[C@H]4[C@H]4C[C@]3(C(=O)N3CCC[C@@H]3C(=O)N[C@H](CO)CCC(=O)OC(C)(C)C)[C@@H]2C(=O)O4)c1. The van der Waals surface area contributed by atoms with E-state index in [1.165, 1.54) is 16.0 Å². The van der Waals surface area contributed by atoms with Gasteiger partial charge in [-0.25, -0.2) is 0 Å². The zero-order valence-electron chi connectivity index (χ0n) is 34.3.